The van der Waals surface area contributed by atoms with Crippen molar-refractivity contribution in [3.63, 3.8) is 0 Å². The quantitative estimate of drug-likeness (QED) is 0.670. The number of aromatic nitrogens is 2. The Morgan fingerprint density at radius 1 is 1.23 bits per heavy atom. The number of rotatable bonds is 4. The lowest BCUT2D eigenvalue weighted by Gasteiger charge is -2.44. The summed E-state index contributed by atoms with van der Waals surface area (Å²) in [4.78, 5) is 30.3. The largest absolute Gasteiger partial charge is 0.481 e. The van der Waals surface area contributed by atoms with Crippen molar-refractivity contribution in [1.82, 2.24) is 14.9 Å². The molecule has 0 saturated carbocycles. The van der Waals surface area contributed by atoms with Gasteiger partial charge in [-0.05, 0) is 44.7 Å². The molecular formula is C17H25ClN4O4. The van der Waals surface area contributed by atoms with Crippen molar-refractivity contribution in [2.75, 3.05) is 18.8 Å². The summed E-state index contributed by atoms with van der Waals surface area (Å²) in [5, 5.41) is 16.4. The average Bonchev–Trinajstić information content (AvgIpc) is 2.58. The van der Waals surface area contributed by atoms with Crippen LogP contribution < -0.4 is 5.73 Å². The van der Waals surface area contributed by atoms with Gasteiger partial charge >= 0.3 is 11.9 Å². The van der Waals surface area contributed by atoms with Crippen LogP contribution in [-0.4, -0.2) is 56.2 Å². The molecule has 9 heteroatoms. The Kier molecular flexibility index (Phi) is 7.16. The van der Waals surface area contributed by atoms with Crippen molar-refractivity contribution in [3.8, 4) is 0 Å². The summed E-state index contributed by atoms with van der Waals surface area (Å²) in [7, 11) is 0. The monoisotopic (exact) mass is 384 g/mol. The van der Waals surface area contributed by atoms with Crippen molar-refractivity contribution in [1.29, 1.82) is 0 Å². The highest BCUT2D eigenvalue weighted by Crippen LogP contribution is 2.36. The van der Waals surface area contributed by atoms with Gasteiger partial charge in [0, 0.05) is 11.6 Å². The third kappa shape index (κ3) is 5.28. The van der Waals surface area contributed by atoms with Gasteiger partial charge in [-0.15, -0.1) is 0 Å². The molecule has 1 aliphatic heterocycles. The highest BCUT2D eigenvalue weighted by atomic mass is 35.5. The normalized spacial score (nSPS) is 21.8. The molecule has 0 amide bonds. The van der Waals surface area contributed by atoms with E-state index in [-0.39, 0.29) is 12.8 Å². The van der Waals surface area contributed by atoms with Crippen molar-refractivity contribution < 1.29 is 19.8 Å². The Morgan fingerprint density at radius 3 is 2.46 bits per heavy atom. The molecule has 0 radical (unpaired) electrons. The lowest BCUT2D eigenvalue weighted by molar-refractivity contribution is -0.143. The fraction of sp³-hybridized carbons (Fsp3) is 0.647. The molecule has 3 rings (SSSR count). The minimum atomic E-state index is -1.08. The van der Waals surface area contributed by atoms with Gasteiger partial charge in [0.1, 0.15) is 5.15 Å². The Labute approximate surface area is 157 Å². The molecule has 2 atom stereocenters. The van der Waals surface area contributed by atoms with Crippen LogP contribution in [0.4, 0.5) is 5.95 Å². The van der Waals surface area contributed by atoms with E-state index in [1.54, 1.807) is 0 Å². The van der Waals surface area contributed by atoms with E-state index >= 15 is 0 Å². The van der Waals surface area contributed by atoms with E-state index in [9.17, 15) is 9.59 Å². The number of carboxylic acid groups (broad SMARTS) is 2. The van der Waals surface area contributed by atoms with E-state index in [4.69, 9.17) is 27.5 Å². The molecule has 0 spiro atoms. The number of hydrogen-bond donors (Lipinski definition) is 3. The molecule has 26 heavy (non-hydrogen) atoms. The number of piperidine rings is 1. The summed E-state index contributed by atoms with van der Waals surface area (Å²) >= 11 is 6.22. The molecule has 1 aliphatic carbocycles. The van der Waals surface area contributed by atoms with Gasteiger partial charge in [-0.3, -0.25) is 9.59 Å². The first-order chi connectivity index (χ1) is 12.3. The summed E-state index contributed by atoms with van der Waals surface area (Å²) < 4.78 is 0. The molecular weight excluding hydrogens is 360 g/mol. The predicted octanol–water partition coefficient (Wildman–Crippen LogP) is 1.85. The summed E-state index contributed by atoms with van der Waals surface area (Å²) in [5.74, 6) is -1.14. The van der Waals surface area contributed by atoms with E-state index in [1.807, 2.05) is 0 Å². The smallest absolute Gasteiger partial charge is 0.303 e. The van der Waals surface area contributed by atoms with Crippen LogP contribution in [0.5, 0.6) is 0 Å². The molecule has 144 valence electrons. The second-order valence-corrected chi connectivity index (χ2v) is 6.95. The second-order valence-electron chi connectivity index (χ2n) is 6.59. The lowest BCUT2D eigenvalue weighted by Crippen LogP contribution is -2.49. The predicted molar refractivity (Wildman–Crippen MR) is 97.1 cm³/mol. The van der Waals surface area contributed by atoms with E-state index in [0.717, 1.165) is 30.6 Å². The Hall–Kier alpha value is -1.93. The van der Waals surface area contributed by atoms with Gasteiger partial charge in [0.05, 0.1) is 18.5 Å². The number of nitrogens with zero attached hydrogens (tertiary/aromatic N) is 3. The molecule has 2 heterocycles. The zero-order valence-electron chi connectivity index (χ0n) is 14.8. The van der Waals surface area contributed by atoms with Crippen molar-refractivity contribution in [2.24, 2.45) is 5.92 Å². The first kappa shape index (κ1) is 20.4. The number of fused-ring (bicyclic) bond motifs is 2. The molecule has 1 aromatic rings. The van der Waals surface area contributed by atoms with Crippen LogP contribution in [-0.2, 0) is 22.4 Å². The van der Waals surface area contributed by atoms with Crippen LogP contribution in [0.2, 0.25) is 5.15 Å². The highest BCUT2D eigenvalue weighted by molar-refractivity contribution is 6.30. The van der Waals surface area contributed by atoms with Crippen LogP contribution in [0, 0.1) is 5.92 Å². The first-order valence-corrected chi connectivity index (χ1v) is 9.18. The van der Waals surface area contributed by atoms with Crippen LogP contribution in [0.1, 0.15) is 43.9 Å². The maximum absolute atomic E-state index is 9.64. The number of halogens is 1. The summed E-state index contributed by atoms with van der Waals surface area (Å²) in [6, 6.07) is 0.612. The number of carboxylic acids is 2. The van der Waals surface area contributed by atoms with Crippen LogP contribution in [0.25, 0.3) is 0 Å². The SMILES string of the molecule is CCN1CCC[C@@H]2Cc3nc(N)nc(Cl)c3C[C@H]21.O=C(O)CCC(=O)O. The fourth-order valence-corrected chi connectivity index (χ4v) is 3.97. The third-order valence-electron chi connectivity index (χ3n) is 4.92. The standard InChI is InChI=1S/C13H19ClN4.C4H6O4/c1-2-18-5-3-4-8-6-10-9(7-11(8)18)12(14)17-13(15)16-10;5-3(6)1-2-4(7)8/h8,11H,2-7H2,1H3,(H2,15,16,17);1-2H2,(H,5,6)(H,7,8)/t8-,11-;/m1./s1. The van der Waals surface area contributed by atoms with E-state index in [1.165, 1.54) is 19.4 Å². The molecule has 1 fully saturated rings. The molecule has 8 nitrogen and oxygen atoms in total. The van der Waals surface area contributed by atoms with Crippen molar-refractivity contribution in [2.45, 2.75) is 51.5 Å². The number of anilines is 1. The van der Waals surface area contributed by atoms with Crippen LogP contribution in [0.15, 0.2) is 0 Å². The van der Waals surface area contributed by atoms with Gasteiger partial charge in [0.2, 0.25) is 5.95 Å². The van der Waals surface area contributed by atoms with Crippen LogP contribution in [0.3, 0.4) is 0 Å². The lowest BCUT2D eigenvalue weighted by atomic mass is 9.77. The number of likely N-dealkylation sites (N-methyl/N-ethyl adjacent to an activating group) is 1. The van der Waals surface area contributed by atoms with Gasteiger partial charge in [-0.1, -0.05) is 18.5 Å². The highest BCUT2D eigenvalue weighted by Gasteiger charge is 2.36. The number of likely N-dealkylation sites (tertiary alicyclic amines) is 1. The molecule has 1 saturated heterocycles. The Bertz CT molecular complexity index is 656. The van der Waals surface area contributed by atoms with E-state index < -0.39 is 11.9 Å². The summed E-state index contributed by atoms with van der Waals surface area (Å²) in [5.41, 5.74) is 7.88. The first-order valence-electron chi connectivity index (χ1n) is 8.80. The number of aliphatic carboxylic acids is 2. The minimum absolute atomic E-state index is 0.296. The molecule has 1 aromatic heterocycles. The number of hydrogen-bond acceptors (Lipinski definition) is 6. The van der Waals surface area contributed by atoms with Gasteiger partial charge in [-0.2, -0.15) is 0 Å². The van der Waals surface area contributed by atoms with E-state index in [0.29, 0.717) is 23.1 Å². The van der Waals surface area contributed by atoms with Crippen molar-refractivity contribution in [3.05, 3.63) is 16.4 Å². The Balaban J connectivity index is 0.000000260. The van der Waals surface area contributed by atoms with E-state index in [2.05, 4.69) is 21.8 Å². The zero-order valence-corrected chi connectivity index (χ0v) is 15.6. The number of nitrogen functional groups attached to an aromatic ring is 1. The number of carbonyl (C=O) groups is 2. The van der Waals surface area contributed by atoms with Gasteiger partial charge < -0.3 is 20.8 Å². The minimum Gasteiger partial charge on any atom is -0.481 e. The molecule has 4 N–H and O–H groups in total. The van der Waals surface area contributed by atoms with Crippen LogP contribution >= 0.6 is 11.6 Å². The average molecular weight is 385 g/mol. The zero-order chi connectivity index (χ0) is 19.3. The fourth-order valence-electron chi connectivity index (χ4n) is 3.70. The maximum atomic E-state index is 9.64. The summed E-state index contributed by atoms with van der Waals surface area (Å²) in [6.07, 6.45) is 3.97. The topological polar surface area (TPSA) is 130 Å². The van der Waals surface area contributed by atoms with Gasteiger partial charge in [0.25, 0.3) is 0 Å². The Morgan fingerprint density at radius 2 is 1.88 bits per heavy atom. The van der Waals surface area contributed by atoms with Gasteiger partial charge in [-0.25, -0.2) is 9.97 Å². The van der Waals surface area contributed by atoms with Gasteiger partial charge in [0.15, 0.2) is 0 Å². The number of nitrogens with two attached hydrogens (primary N) is 1. The molecule has 0 aromatic carbocycles. The maximum Gasteiger partial charge on any atom is 0.303 e. The molecule has 0 bridgehead atoms. The molecule has 2 aliphatic rings. The third-order valence-corrected chi connectivity index (χ3v) is 5.23. The summed E-state index contributed by atoms with van der Waals surface area (Å²) in [6.45, 7) is 4.56. The second kappa shape index (κ2) is 9.14. The molecule has 0 unspecified atom stereocenters. The van der Waals surface area contributed by atoms with Crippen molar-refractivity contribution >= 4 is 29.5 Å².